The fraction of sp³-hybridized carbons (Fsp3) is 0.240. The Balaban J connectivity index is 1.33. The van der Waals surface area contributed by atoms with Crippen LogP contribution in [0.5, 0.6) is 0 Å². The van der Waals surface area contributed by atoms with Gasteiger partial charge in [-0.1, -0.05) is 6.07 Å². The summed E-state index contributed by atoms with van der Waals surface area (Å²) in [7, 11) is 0. The molecule has 0 atom stereocenters. The van der Waals surface area contributed by atoms with Gasteiger partial charge >= 0.3 is 5.97 Å². The largest absolute Gasteiger partial charge is 0.481 e. The monoisotopic (exact) mass is 466 g/mol. The molecule has 1 aliphatic heterocycles. The van der Waals surface area contributed by atoms with E-state index in [1.807, 2.05) is 12.1 Å². The van der Waals surface area contributed by atoms with Crippen LogP contribution >= 0.6 is 0 Å². The molecular weight excluding hydrogens is 445 g/mol. The van der Waals surface area contributed by atoms with Crippen LogP contribution in [-0.2, 0) is 4.79 Å². The number of hydrogen-bond acceptors (Lipinski definition) is 4. The SMILES string of the molecule is O=C(O)CC1CCN(c2ccc(-c3ccc(-c4nc5c(F)cc(F)cc5[nH]4)c(F)c3)cn2)CC1. The number of rotatable bonds is 5. The molecule has 1 aliphatic rings. The van der Waals surface area contributed by atoms with Crippen LogP contribution in [-0.4, -0.2) is 39.1 Å². The van der Waals surface area contributed by atoms with Gasteiger partial charge < -0.3 is 15.0 Å². The molecule has 3 heterocycles. The van der Waals surface area contributed by atoms with Crippen LogP contribution in [0.2, 0.25) is 0 Å². The number of anilines is 1. The third-order valence-corrected chi connectivity index (χ3v) is 6.21. The Morgan fingerprint density at radius 2 is 1.79 bits per heavy atom. The molecule has 1 saturated heterocycles. The first kappa shape index (κ1) is 21.9. The number of benzene rings is 2. The smallest absolute Gasteiger partial charge is 0.303 e. The average Bonchev–Trinajstić information content (AvgIpc) is 3.23. The summed E-state index contributed by atoms with van der Waals surface area (Å²) in [5.74, 6) is -1.77. The van der Waals surface area contributed by atoms with Crippen LogP contribution in [0.15, 0.2) is 48.7 Å². The van der Waals surface area contributed by atoms with E-state index in [1.165, 1.54) is 12.1 Å². The number of nitrogens with zero attached hydrogens (tertiary/aromatic N) is 3. The second-order valence-corrected chi connectivity index (χ2v) is 8.50. The number of fused-ring (bicyclic) bond motifs is 1. The minimum atomic E-state index is -0.813. The van der Waals surface area contributed by atoms with Crippen LogP contribution in [0.3, 0.4) is 0 Å². The molecule has 0 spiro atoms. The lowest BCUT2D eigenvalue weighted by Gasteiger charge is -2.32. The Bertz CT molecular complexity index is 1360. The molecule has 1 fully saturated rings. The van der Waals surface area contributed by atoms with Gasteiger partial charge in [0.1, 0.15) is 28.8 Å². The number of imidazole rings is 1. The highest BCUT2D eigenvalue weighted by Crippen LogP contribution is 2.30. The molecule has 0 unspecified atom stereocenters. The van der Waals surface area contributed by atoms with E-state index in [0.29, 0.717) is 5.56 Å². The molecule has 0 bridgehead atoms. The molecule has 5 rings (SSSR count). The first-order chi connectivity index (χ1) is 16.4. The highest BCUT2D eigenvalue weighted by atomic mass is 19.1. The zero-order valence-corrected chi connectivity index (χ0v) is 18.1. The van der Waals surface area contributed by atoms with E-state index in [2.05, 4.69) is 19.9 Å². The fourth-order valence-electron chi connectivity index (χ4n) is 4.41. The zero-order chi connectivity index (χ0) is 23.8. The molecule has 6 nitrogen and oxygen atoms in total. The van der Waals surface area contributed by atoms with E-state index in [-0.39, 0.29) is 34.8 Å². The maximum absolute atomic E-state index is 14.9. The van der Waals surface area contributed by atoms with E-state index in [9.17, 15) is 18.0 Å². The van der Waals surface area contributed by atoms with Crippen LogP contribution in [0, 0.1) is 23.4 Å². The molecule has 2 aromatic carbocycles. The van der Waals surface area contributed by atoms with Gasteiger partial charge in [-0.3, -0.25) is 4.79 Å². The van der Waals surface area contributed by atoms with Gasteiger partial charge in [-0.05, 0) is 54.7 Å². The van der Waals surface area contributed by atoms with Gasteiger partial charge in [0.05, 0.1) is 11.1 Å². The number of carboxylic acid groups (broad SMARTS) is 1. The Morgan fingerprint density at radius 3 is 2.47 bits per heavy atom. The highest BCUT2D eigenvalue weighted by molar-refractivity contribution is 5.80. The molecule has 0 saturated carbocycles. The quantitative estimate of drug-likeness (QED) is 0.412. The van der Waals surface area contributed by atoms with Crippen LogP contribution in [0.4, 0.5) is 19.0 Å². The molecule has 0 amide bonds. The molecule has 2 N–H and O–H groups in total. The second-order valence-electron chi connectivity index (χ2n) is 8.50. The summed E-state index contributed by atoms with van der Waals surface area (Å²) in [6.45, 7) is 1.49. The van der Waals surface area contributed by atoms with Crippen LogP contribution in [0.1, 0.15) is 19.3 Å². The van der Waals surface area contributed by atoms with E-state index < -0.39 is 23.4 Å². The minimum absolute atomic E-state index is 0.0494. The van der Waals surface area contributed by atoms with Crippen molar-refractivity contribution in [2.24, 2.45) is 5.92 Å². The summed E-state index contributed by atoms with van der Waals surface area (Å²) < 4.78 is 42.3. The Kier molecular flexibility index (Phi) is 5.69. The number of carboxylic acids is 1. The number of pyridine rings is 1. The van der Waals surface area contributed by atoms with E-state index in [1.54, 1.807) is 12.3 Å². The molecule has 0 radical (unpaired) electrons. The molecule has 34 heavy (non-hydrogen) atoms. The number of halogens is 3. The van der Waals surface area contributed by atoms with E-state index >= 15 is 0 Å². The van der Waals surface area contributed by atoms with Crippen LogP contribution in [0.25, 0.3) is 33.5 Å². The number of piperidine rings is 1. The number of hydrogen-bond donors (Lipinski definition) is 2. The predicted octanol–water partition coefficient (Wildman–Crippen LogP) is 5.40. The molecule has 0 aliphatic carbocycles. The van der Waals surface area contributed by atoms with Crippen molar-refractivity contribution >= 4 is 22.8 Å². The van der Waals surface area contributed by atoms with Crippen molar-refractivity contribution < 1.29 is 23.1 Å². The van der Waals surface area contributed by atoms with Crippen molar-refractivity contribution in [2.45, 2.75) is 19.3 Å². The lowest BCUT2D eigenvalue weighted by Crippen LogP contribution is -2.34. The van der Waals surface area contributed by atoms with Crippen molar-refractivity contribution in [2.75, 3.05) is 18.0 Å². The highest BCUT2D eigenvalue weighted by Gasteiger charge is 2.22. The van der Waals surface area contributed by atoms with Crippen LogP contribution < -0.4 is 4.90 Å². The Labute approximate surface area is 193 Å². The molecular formula is C25H21F3N4O2. The van der Waals surface area contributed by atoms with Crippen molar-refractivity contribution in [3.05, 3.63) is 66.1 Å². The average molecular weight is 466 g/mol. The molecule has 9 heteroatoms. The standard InChI is InChI=1S/C25H21F3N4O2/c26-17-11-20(28)24-21(12-17)30-25(31-24)18-3-1-15(10-19(18)27)16-2-4-22(29-13-16)32-7-5-14(6-8-32)9-23(33)34/h1-4,10-14H,5-9H2,(H,30,31)(H,33,34). The lowest BCUT2D eigenvalue weighted by molar-refractivity contribution is -0.138. The topological polar surface area (TPSA) is 82.1 Å². The third kappa shape index (κ3) is 4.33. The first-order valence-electron chi connectivity index (χ1n) is 11.0. The van der Waals surface area contributed by atoms with E-state index in [4.69, 9.17) is 5.11 Å². The van der Waals surface area contributed by atoms with Crippen molar-refractivity contribution in [3.8, 4) is 22.5 Å². The lowest BCUT2D eigenvalue weighted by atomic mass is 9.93. The zero-order valence-electron chi connectivity index (χ0n) is 18.1. The summed E-state index contributed by atoms with van der Waals surface area (Å²) in [6, 6.07) is 10.2. The number of H-pyrrole nitrogens is 1. The third-order valence-electron chi connectivity index (χ3n) is 6.21. The van der Waals surface area contributed by atoms with E-state index in [0.717, 1.165) is 49.4 Å². The first-order valence-corrected chi connectivity index (χ1v) is 11.0. The van der Waals surface area contributed by atoms with Gasteiger partial charge in [-0.15, -0.1) is 0 Å². The number of aromatic amines is 1. The van der Waals surface area contributed by atoms with Crippen molar-refractivity contribution in [1.29, 1.82) is 0 Å². The number of aliphatic carboxylic acids is 1. The summed E-state index contributed by atoms with van der Waals surface area (Å²) in [5, 5.41) is 8.96. The molecule has 174 valence electrons. The van der Waals surface area contributed by atoms with Gasteiger partial charge in [-0.25, -0.2) is 23.1 Å². The van der Waals surface area contributed by atoms with Gasteiger partial charge in [0.15, 0.2) is 5.82 Å². The normalized spacial score (nSPS) is 14.6. The van der Waals surface area contributed by atoms with Gasteiger partial charge in [0, 0.05) is 37.3 Å². The maximum Gasteiger partial charge on any atom is 0.303 e. The maximum atomic E-state index is 14.9. The van der Waals surface area contributed by atoms with Crippen molar-refractivity contribution in [1.82, 2.24) is 15.0 Å². The Hall–Kier alpha value is -3.88. The summed E-state index contributed by atoms with van der Waals surface area (Å²) in [6.07, 6.45) is 3.48. The van der Waals surface area contributed by atoms with Gasteiger partial charge in [0.2, 0.25) is 0 Å². The summed E-state index contributed by atoms with van der Waals surface area (Å²) in [5.41, 5.74) is 1.60. The number of aromatic nitrogens is 3. The molecule has 2 aromatic heterocycles. The molecule has 4 aromatic rings. The van der Waals surface area contributed by atoms with Crippen molar-refractivity contribution in [3.63, 3.8) is 0 Å². The van der Waals surface area contributed by atoms with Gasteiger partial charge in [0.25, 0.3) is 0 Å². The minimum Gasteiger partial charge on any atom is -0.481 e. The number of nitrogens with one attached hydrogen (secondary N) is 1. The number of carbonyl (C=O) groups is 1. The van der Waals surface area contributed by atoms with Gasteiger partial charge in [-0.2, -0.15) is 0 Å². The fourth-order valence-corrected chi connectivity index (χ4v) is 4.41. The predicted molar refractivity (Wildman–Crippen MR) is 122 cm³/mol. The Morgan fingerprint density at radius 1 is 1.03 bits per heavy atom. The summed E-state index contributed by atoms with van der Waals surface area (Å²) >= 11 is 0. The second kappa shape index (κ2) is 8.81. The summed E-state index contributed by atoms with van der Waals surface area (Å²) in [4.78, 5) is 24.4.